The molecule has 206 valence electrons. The van der Waals surface area contributed by atoms with Crippen molar-refractivity contribution in [1.29, 1.82) is 0 Å². The van der Waals surface area contributed by atoms with Crippen molar-refractivity contribution in [3.8, 4) is 5.75 Å². The molecule has 0 radical (unpaired) electrons. The van der Waals surface area contributed by atoms with Crippen molar-refractivity contribution in [2.75, 3.05) is 22.5 Å². The maximum atomic E-state index is 13.1. The Morgan fingerprint density at radius 3 is 2.12 bits per heavy atom. The van der Waals surface area contributed by atoms with E-state index in [1.807, 2.05) is 61.5 Å². The third-order valence-corrected chi connectivity index (χ3v) is 6.80. The number of carboxylic acid groups (broad SMARTS) is 1. The number of carboxylic acids is 1. The molecule has 0 fully saturated rings. The third-order valence-electron chi connectivity index (χ3n) is 6.21. The number of carbonyl (C=O) groups is 2. The van der Waals surface area contributed by atoms with Crippen LogP contribution < -0.4 is 14.4 Å². The zero-order chi connectivity index (χ0) is 28.7. The first-order valence-electron chi connectivity index (χ1n) is 12.5. The van der Waals surface area contributed by atoms with Gasteiger partial charge in [-0.15, -0.1) is 0 Å². The molecule has 0 bridgehead atoms. The lowest BCUT2D eigenvalue weighted by molar-refractivity contribution is -0.139. The Hall–Kier alpha value is -4.63. The number of benzene rings is 4. The van der Waals surface area contributed by atoms with Gasteiger partial charge in [-0.2, -0.15) is 0 Å². The van der Waals surface area contributed by atoms with E-state index in [0.29, 0.717) is 35.7 Å². The summed E-state index contributed by atoms with van der Waals surface area (Å²) in [6.45, 7) is 2.51. The summed E-state index contributed by atoms with van der Waals surface area (Å²) < 4.78 is 31.6. The fourth-order valence-electron chi connectivity index (χ4n) is 4.33. The molecule has 0 spiro atoms. The van der Waals surface area contributed by atoms with E-state index in [0.717, 1.165) is 28.6 Å². The van der Waals surface area contributed by atoms with Crippen LogP contribution in [0, 0.1) is 6.92 Å². The monoisotopic (exact) mass is 558 g/mol. The predicted octanol–water partition coefficient (Wildman–Crippen LogP) is 5.27. The highest BCUT2D eigenvalue weighted by Crippen LogP contribution is 2.30. The second kappa shape index (κ2) is 12.5. The van der Waals surface area contributed by atoms with Gasteiger partial charge < -0.3 is 14.7 Å². The molecule has 0 heterocycles. The van der Waals surface area contributed by atoms with E-state index < -0.39 is 22.6 Å². The number of aliphatic carboxylic acids is 1. The Morgan fingerprint density at radius 2 is 1.48 bits per heavy atom. The number of carbonyl (C=O) groups excluding carboxylic acids is 1. The van der Waals surface area contributed by atoms with Crippen molar-refractivity contribution in [3.63, 3.8) is 0 Å². The molecule has 4 rings (SSSR count). The molecule has 9 heteroatoms. The van der Waals surface area contributed by atoms with Gasteiger partial charge in [0, 0.05) is 29.9 Å². The number of hydrogen-bond donors (Lipinski definition) is 2. The molecule has 0 atom stereocenters. The van der Waals surface area contributed by atoms with Crippen molar-refractivity contribution < 1.29 is 27.9 Å². The summed E-state index contributed by atoms with van der Waals surface area (Å²) in [6.07, 6.45) is 1.13. The summed E-state index contributed by atoms with van der Waals surface area (Å²) in [7, 11) is -3.44. The second-order valence-electron chi connectivity index (χ2n) is 9.40. The molecule has 8 nitrogen and oxygen atoms in total. The molecule has 0 aliphatic heterocycles. The van der Waals surface area contributed by atoms with Gasteiger partial charge in [-0.3, -0.25) is 9.52 Å². The number of ether oxygens (including phenoxy) is 1. The van der Waals surface area contributed by atoms with Gasteiger partial charge in [-0.05, 0) is 47.9 Å². The molecule has 0 saturated heterocycles. The van der Waals surface area contributed by atoms with Gasteiger partial charge in [0.2, 0.25) is 10.0 Å². The molecule has 0 aromatic heterocycles. The van der Waals surface area contributed by atoms with Crippen LogP contribution in [0.25, 0.3) is 0 Å². The number of rotatable bonds is 12. The topological polar surface area (TPSA) is 113 Å². The Labute approximate surface area is 233 Å². The van der Waals surface area contributed by atoms with Gasteiger partial charge in [0.25, 0.3) is 0 Å². The Kier molecular flexibility index (Phi) is 8.86. The van der Waals surface area contributed by atoms with Gasteiger partial charge in [0.15, 0.2) is 12.4 Å². The standard InChI is InChI=1S/C31H30N2O6S/c1-22-28(32-40(2,37)38)12-7-13-29(22)33(19-23-8-4-3-5-9-23)20-24-14-16-25(17-15-24)31(36)26-10-6-11-27(18-26)39-21-30(34)35/h3-18,32H,19-21H2,1-2H3,(H,34,35). The maximum absolute atomic E-state index is 13.1. The van der Waals surface area contributed by atoms with Crippen molar-refractivity contribution in [1.82, 2.24) is 0 Å². The molecular weight excluding hydrogens is 528 g/mol. The second-order valence-corrected chi connectivity index (χ2v) is 11.2. The summed E-state index contributed by atoms with van der Waals surface area (Å²) in [5.41, 5.74) is 5.16. The average molecular weight is 559 g/mol. The van der Waals surface area contributed by atoms with Crippen molar-refractivity contribution in [2.45, 2.75) is 20.0 Å². The van der Waals surface area contributed by atoms with E-state index in [1.165, 1.54) is 6.07 Å². The number of nitrogens with zero attached hydrogens (tertiary/aromatic N) is 1. The zero-order valence-electron chi connectivity index (χ0n) is 22.2. The molecule has 0 unspecified atom stereocenters. The molecule has 4 aromatic carbocycles. The van der Waals surface area contributed by atoms with E-state index in [9.17, 15) is 18.0 Å². The summed E-state index contributed by atoms with van der Waals surface area (Å²) in [6, 6.07) is 29.3. The van der Waals surface area contributed by atoms with Crippen LogP contribution in [0.1, 0.15) is 32.6 Å². The number of hydrogen-bond acceptors (Lipinski definition) is 6. The first-order chi connectivity index (χ1) is 19.1. The van der Waals surface area contributed by atoms with Crippen molar-refractivity contribution in [3.05, 3.63) is 125 Å². The van der Waals surface area contributed by atoms with Gasteiger partial charge in [0.1, 0.15) is 5.75 Å². The van der Waals surface area contributed by atoms with Gasteiger partial charge >= 0.3 is 5.97 Å². The lowest BCUT2D eigenvalue weighted by Gasteiger charge is -2.28. The quantitative estimate of drug-likeness (QED) is 0.228. The third kappa shape index (κ3) is 7.70. The van der Waals surface area contributed by atoms with E-state index in [2.05, 4.69) is 9.62 Å². The first-order valence-corrected chi connectivity index (χ1v) is 14.4. The number of ketones is 1. The minimum atomic E-state index is -3.44. The summed E-state index contributed by atoms with van der Waals surface area (Å²) >= 11 is 0. The molecule has 0 saturated carbocycles. The molecule has 4 aromatic rings. The smallest absolute Gasteiger partial charge is 0.341 e. The van der Waals surface area contributed by atoms with Crippen LogP contribution in [-0.2, 0) is 27.9 Å². The normalized spacial score (nSPS) is 11.1. The first kappa shape index (κ1) is 28.4. The number of nitrogens with one attached hydrogen (secondary N) is 1. The highest BCUT2D eigenvalue weighted by Gasteiger charge is 2.16. The molecule has 0 amide bonds. The lowest BCUT2D eigenvalue weighted by Crippen LogP contribution is -2.23. The Balaban J connectivity index is 1.58. The molecular formula is C31H30N2O6S. The van der Waals surface area contributed by atoms with E-state index >= 15 is 0 Å². The highest BCUT2D eigenvalue weighted by atomic mass is 32.2. The SMILES string of the molecule is Cc1c(NS(C)(=O)=O)cccc1N(Cc1ccccc1)Cc1ccc(C(=O)c2cccc(OCC(=O)O)c2)cc1. The minimum absolute atomic E-state index is 0.205. The van der Waals surface area contributed by atoms with Crippen LogP contribution in [0.15, 0.2) is 97.1 Å². The predicted molar refractivity (Wildman–Crippen MR) is 155 cm³/mol. The lowest BCUT2D eigenvalue weighted by atomic mass is 10.0. The fourth-order valence-corrected chi connectivity index (χ4v) is 4.95. The van der Waals surface area contributed by atoms with Crippen molar-refractivity contribution >= 4 is 33.2 Å². The van der Waals surface area contributed by atoms with Crippen LogP contribution in [0.4, 0.5) is 11.4 Å². The minimum Gasteiger partial charge on any atom is -0.482 e. The van der Waals surface area contributed by atoms with Crippen LogP contribution in [0.5, 0.6) is 5.75 Å². The molecule has 0 aliphatic carbocycles. The zero-order valence-corrected chi connectivity index (χ0v) is 23.0. The maximum Gasteiger partial charge on any atom is 0.341 e. The largest absolute Gasteiger partial charge is 0.482 e. The van der Waals surface area contributed by atoms with E-state index in [4.69, 9.17) is 9.84 Å². The van der Waals surface area contributed by atoms with Gasteiger partial charge in [-0.1, -0.05) is 72.8 Å². The average Bonchev–Trinajstić information content (AvgIpc) is 2.93. The van der Waals surface area contributed by atoms with Crippen LogP contribution in [0.3, 0.4) is 0 Å². The Morgan fingerprint density at radius 1 is 0.825 bits per heavy atom. The summed E-state index contributed by atoms with van der Waals surface area (Å²) in [4.78, 5) is 26.0. The molecule has 2 N–H and O–H groups in total. The van der Waals surface area contributed by atoms with Crippen LogP contribution in [-0.4, -0.2) is 38.1 Å². The Bertz CT molecular complexity index is 1600. The summed E-state index contributed by atoms with van der Waals surface area (Å²) in [5.74, 6) is -0.990. The fraction of sp³-hybridized carbons (Fsp3) is 0.161. The van der Waals surface area contributed by atoms with Crippen LogP contribution in [0.2, 0.25) is 0 Å². The van der Waals surface area contributed by atoms with E-state index in [-0.39, 0.29) is 5.78 Å². The highest BCUT2D eigenvalue weighted by molar-refractivity contribution is 7.92. The molecule has 40 heavy (non-hydrogen) atoms. The number of sulfonamides is 1. The number of anilines is 2. The van der Waals surface area contributed by atoms with Crippen LogP contribution >= 0.6 is 0 Å². The van der Waals surface area contributed by atoms with Crippen molar-refractivity contribution in [2.24, 2.45) is 0 Å². The summed E-state index contributed by atoms with van der Waals surface area (Å²) in [5, 5.41) is 8.83. The van der Waals surface area contributed by atoms with Gasteiger partial charge in [0.05, 0.1) is 11.9 Å². The molecule has 0 aliphatic rings. The van der Waals surface area contributed by atoms with Gasteiger partial charge in [-0.25, -0.2) is 13.2 Å². The van der Waals surface area contributed by atoms with E-state index in [1.54, 1.807) is 36.4 Å².